The number of hydrogen-bond donors (Lipinski definition) is 2. The molecule has 0 aromatic rings. The van der Waals surface area contributed by atoms with Gasteiger partial charge in [-0.25, -0.2) is 0 Å². The lowest BCUT2D eigenvalue weighted by Gasteiger charge is -2.29. The average molecular weight is 175 g/mol. The van der Waals surface area contributed by atoms with Crippen LogP contribution < -0.4 is 5.73 Å². The molecule has 0 amide bonds. The second kappa shape index (κ2) is 3.33. The van der Waals surface area contributed by atoms with E-state index >= 15 is 0 Å². The van der Waals surface area contributed by atoms with Gasteiger partial charge in [0.25, 0.3) is 0 Å². The number of nitrogens with two attached hydrogens (primary N) is 1. The normalized spacial score (nSPS) is 32.2. The molecule has 1 aliphatic rings. The van der Waals surface area contributed by atoms with Crippen molar-refractivity contribution < 1.29 is 5.11 Å². The second-order valence-corrected chi connectivity index (χ2v) is 5.44. The summed E-state index contributed by atoms with van der Waals surface area (Å²) in [5, 5.41) is 8.89. The summed E-state index contributed by atoms with van der Waals surface area (Å²) in [6, 6.07) is -0.0278. The first-order valence-electron chi connectivity index (χ1n) is 4.08. The minimum absolute atomic E-state index is 0.0278. The predicted octanol–water partition coefficient (Wildman–Crippen LogP) is 0.838. The van der Waals surface area contributed by atoms with Crippen LogP contribution in [0.4, 0.5) is 0 Å². The number of aliphatic hydroxyl groups excluding tert-OH is 1. The Bertz CT molecular complexity index is 138. The van der Waals surface area contributed by atoms with E-state index in [0.717, 1.165) is 6.42 Å². The SMILES string of the molecule is CC1(C)SCCC1C(N)CO. The van der Waals surface area contributed by atoms with Gasteiger partial charge in [0.1, 0.15) is 0 Å². The van der Waals surface area contributed by atoms with Gasteiger partial charge in [-0.05, 0) is 18.1 Å². The van der Waals surface area contributed by atoms with Gasteiger partial charge >= 0.3 is 0 Å². The summed E-state index contributed by atoms with van der Waals surface area (Å²) in [5.74, 6) is 1.67. The molecule has 1 heterocycles. The van der Waals surface area contributed by atoms with Gasteiger partial charge in [0, 0.05) is 10.8 Å². The fourth-order valence-corrected chi connectivity index (χ4v) is 3.17. The molecule has 0 radical (unpaired) electrons. The molecule has 0 saturated carbocycles. The van der Waals surface area contributed by atoms with Crippen LogP contribution >= 0.6 is 11.8 Å². The molecule has 1 aliphatic heterocycles. The van der Waals surface area contributed by atoms with Crippen LogP contribution in [0.1, 0.15) is 20.3 Å². The molecule has 1 rings (SSSR count). The van der Waals surface area contributed by atoms with Crippen LogP contribution in [0.15, 0.2) is 0 Å². The Morgan fingerprint density at radius 1 is 1.73 bits per heavy atom. The molecular formula is C8H17NOS. The molecule has 0 aromatic carbocycles. The lowest BCUT2D eigenvalue weighted by atomic mass is 9.87. The number of hydrogen-bond acceptors (Lipinski definition) is 3. The van der Waals surface area contributed by atoms with E-state index < -0.39 is 0 Å². The van der Waals surface area contributed by atoms with Crippen LogP contribution in [-0.2, 0) is 0 Å². The summed E-state index contributed by atoms with van der Waals surface area (Å²) < 4.78 is 0.266. The molecule has 3 N–H and O–H groups in total. The van der Waals surface area contributed by atoms with Gasteiger partial charge in [-0.1, -0.05) is 13.8 Å². The van der Waals surface area contributed by atoms with Crippen molar-refractivity contribution in [1.82, 2.24) is 0 Å². The molecule has 1 fully saturated rings. The highest BCUT2D eigenvalue weighted by atomic mass is 32.2. The third kappa shape index (κ3) is 1.89. The molecule has 2 nitrogen and oxygen atoms in total. The lowest BCUT2D eigenvalue weighted by molar-refractivity contribution is 0.211. The molecule has 1 saturated heterocycles. The Morgan fingerprint density at radius 3 is 2.73 bits per heavy atom. The number of aliphatic hydroxyl groups is 1. The van der Waals surface area contributed by atoms with E-state index in [1.165, 1.54) is 5.75 Å². The van der Waals surface area contributed by atoms with Gasteiger partial charge in [0.2, 0.25) is 0 Å². The van der Waals surface area contributed by atoms with Crippen molar-refractivity contribution in [1.29, 1.82) is 0 Å². The molecule has 66 valence electrons. The van der Waals surface area contributed by atoms with Crippen molar-refractivity contribution >= 4 is 11.8 Å². The molecule has 2 atom stereocenters. The first kappa shape index (κ1) is 9.36. The Balaban J connectivity index is 2.57. The van der Waals surface area contributed by atoms with Crippen LogP contribution in [0.5, 0.6) is 0 Å². The topological polar surface area (TPSA) is 46.2 Å². The molecule has 0 bridgehead atoms. The van der Waals surface area contributed by atoms with Crippen LogP contribution in [0, 0.1) is 5.92 Å². The van der Waals surface area contributed by atoms with E-state index in [4.69, 9.17) is 10.8 Å². The highest BCUT2D eigenvalue weighted by molar-refractivity contribution is 8.00. The summed E-state index contributed by atoms with van der Waals surface area (Å²) in [5.41, 5.74) is 5.79. The zero-order valence-electron chi connectivity index (χ0n) is 7.21. The summed E-state index contributed by atoms with van der Waals surface area (Å²) >= 11 is 1.96. The predicted molar refractivity (Wildman–Crippen MR) is 49.7 cm³/mol. The van der Waals surface area contributed by atoms with Crippen LogP contribution in [0.2, 0.25) is 0 Å². The fraction of sp³-hybridized carbons (Fsp3) is 1.00. The molecule has 0 spiro atoms. The monoisotopic (exact) mass is 175 g/mol. The fourth-order valence-electron chi connectivity index (χ4n) is 1.76. The van der Waals surface area contributed by atoms with Gasteiger partial charge in [0.15, 0.2) is 0 Å². The largest absolute Gasteiger partial charge is 0.395 e. The smallest absolute Gasteiger partial charge is 0.0585 e. The summed E-state index contributed by atoms with van der Waals surface area (Å²) in [7, 11) is 0. The molecular weight excluding hydrogens is 158 g/mol. The standard InChI is InChI=1S/C8H17NOS/c1-8(2)6(3-4-11-8)7(9)5-10/h6-7,10H,3-5,9H2,1-2H3. The number of thioether (sulfide) groups is 1. The van der Waals surface area contributed by atoms with E-state index in [1.54, 1.807) is 0 Å². The Hall–Kier alpha value is 0.270. The van der Waals surface area contributed by atoms with E-state index in [1.807, 2.05) is 11.8 Å². The van der Waals surface area contributed by atoms with Crippen LogP contribution in [0.3, 0.4) is 0 Å². The third-order valence-electron chi connectivity index (χ3n) is 2.52. The lowest BCUT2D eigenvalue weighted by Crippen LogP contribution is -2.41. The maximum Gasteiger partial charge on any atom is 0.0585 e. The third-order valence-corrected chi connectivity index (χ3v) is 4.01. The maximum atomic E-state index is 8.89. The zero-order chi connectivity index (χ0) is 8.48. The first-order valence-corrected chi connectivity index (χ1v) is 5.07. The van der Waals surface area contributed by atoms with Crippen molar-refractivity contribution in [3.05, 3.63) is 0 Å². The van der Waals surface area contributed by atoms with Crippen LogP contribution in [-0.4, -0.2) is 28.3 Å². The Labute approximate surface area is 72.5 Å². The highest BCUT2D eigenvalue weighted by Crippen LogP contribution is 2.43. The van der Waals surface area contributed by atoms with Crippen LogP contribution in [0.25, 0.3) is 0 Å². The van der Waals surface area contributed by atoms with E-state index in [-0.39, 0.29) is 17.4 Å². The Morgan fingerprint density at radius 2 is 2.36 bits per heavy atom. The van der Waals surface area contributed by atoms with Crippen molar-refractivity contribution in [2.45, 2.75) is 31.1 Å². The van der Waals surface area contributed by atoms with Crippen molar-refractivity contribution in [2.24, 2.45) is 11.7 Å². The van der Waals surface area contributed by atoms with Gasteiger partial charge in [-0.15, -0.1) is 0 Å². The minimum Gasteiger partial charge on any atom is -0.395 e. The van der Waals surface area contributed by atoms with Gasteiger partial charge in [0.05, 0.1) is 6.61 Å². The molecule has 11 heavy (non-hydrogen) atoms. The first-order chi connectivity index (χ1) is 5.08. The van der Waals surface area contributed by atoms with Gasteiger partial charge < -0.3 is 10.8 Å². The molecule has 3 heteroatoms. The highest BCUT2D eigenvalue weighted by Gasteiger charge is 2.38. The van der Waals surface area contributed by atoms with Crippen molar-refractivity contribution in [3.63, 3.8) is 0 Å². The number of rotatable bonds is 2. The molecule has 0 aromatic heterocycles. The van der Waals surface area contributed by atoms with Crippen molar-refractivity contribution in [3.8, 4) is 0 Å². The van der Waals surface area contributed by atoms with Gasteiger partial charge in [-0.3, -0.25) is 0 Å². The molecule has 2 unspecified atom stereocenters. The van der Waals surface area contributed by atoms with Gasteiger partial charge in [-0.2, -0.15) is 11.8 Å². The molecule has 0 aliphatic carbocycles. The summed E-state index contributed by atoms with van der Waals surface area (Å²) in [6.45, 7) is 4.55. The van der Waals surface area contributed by atoms with E-state index in [9.17, 15) is 0 Å². The minimum atomic E-state index is -0.0278. The Kier molecular flexibility index (Phi) is 2.84. The van der Waals surface area contributed by atoms with Crippen molar-refractivity contribution in [2.75, 3.05) is 12.4 Å². The quantitative estimate of drug-likeness (QED) is 0.653. The van der Waals surface area contributed by atoms with E-state index in [0.29, 0.717) is 5.92 Å². The maximum absolute atomic E-state index is 8.89. The van der Waals surface area contributed by atoms with E-state index in [2.05, 4.69) is 13.8 Å². The summed E-state index contributed by atoms with van der Waals surface area (Å²) in [4.78, 5) is 0. The average Bonchev–Trinajstić information content (AvgIpc) is 2.28. The second-order valence-electron chi connectivity index (χ2n) is 3.69. The zero-order valence-corrected chi connectivity index (χ0v) is 8.03. The summed E-state index contributed by atoms with van der Waals surface area (Å²) in [6.07, 6.45) is 1.15.